The predicted molar refractivity (Wildman–Crippen MR) is 130 cm³/mol. The number of aromatic nitrogens is 3. The molecule has 2 heterocycles. The van der Waals surface area contributed by atoms with Crippen LogP contribution in [0.1, 0.15) is 5.56 Å². The van der Waals surface area contributed by atoms with E-state index in [2.05, 4.69) is 10.3 Å². The molecule has 5 rings (SSSR count). The lowest BCUT2D eigenvalue weighted by Gasteiger charge is -2.12. The summed E-state index contributed by atoms with van der Waals surface area (Å²) < 4.78 is 14.9. The Morgan fingerprint density at radius 2 is 1.88 bits per heavy atom. The first-order valence-corrected chi connectivity index (χ1v) is 11.3. The lowest BCUT2D eigenvalue weighted by Crippen LogP contribution is -2.23. The number of carbonyl (C=O) groups is 1. The summed E-state index contributed by atoms with van der Waals surface area (Å²) >= 11 is 1.15. The number of aryl methyl sites for hydroxylation is 1. The first-order chi connectivity index (χ1) is 16.0. The van der Waals surface area contributed by atoms with Crippen molar-refractivity contribution < 1.29 is 9.18 Å². The lowest BCUT2D eigenvalue weighted by atomic mass is 10.2. The topological polar surface area (TPSA) is 79.8 Å². The minimum Gasteiger partial charge on any atom is -0.349 e. The number of rotatable bonds is 5. The molecule has 0 bridgehead atoms. The third-order valence-electron chi connectivity index (χ3n) is 5.21. The van der Waals surface area contributed by atoms with E-state index >= 15 is 0 Å². The van der Waals surface area contributed by atoms with Crippen LogP contribution in [0.25, 0.3) is 27.6 Å². The van der Waals surface area contributed by atoms with Crippen molar-refractivity contribution >= 4 is 45.3 Å². The van der Waals surface area contributed by atoms with Gasteiger partial charge in [0, 0.05) is 16.6 Å². The zero-order chi connectivity index (χ0) is 22.9. The third-order valence-corrected chi connectivity index (χ3v) is 6.15. The van der Waals surface area contributed by atoms with Crippen LogP contribution in [0.5, 0.6) is 0 Å². The number of halogens is 1. The largest absolute Gasteiger partial charge is 0.349 e. The maximum Gasteiger partial charge on any atom is 0.283 e. The van der Waals surface area contributed by atoms with Crippen molar-refractivity contribution in [3.8, 4) is 5.69 Å². The van der Waals surface area contributed by atoms with E-state index in [1.807, 2.05) is 55.5 Å². The molecule has 1 amide bonds. The Bertz CT molecular complexity index is 1560. The minimum atomic E-state index is -0.404. The van der Waals surface area contributed by atoms with Crippen molar-refractivity contribution in [1.29, 1.82) is 0 Å². The van der Waals surface area contributed by atoms with Gasteiger partial charge in [-0.05, 0) is 55.0 Å². The number of nitrogens with zero attached hydrogens (tertiary/aromatic N) is 2. The average Bonchev–Trinajstić information content (AvgIpc) is 3.18. The van der Waals surface area contributed by atoms with E-state index in [-0.39, 0.29) is 17.2 Å². The molecule has 5 aromatic rings. The standard InChI is InChI=1S/C25H19FN4O2S/c1-15-5-4-6-17(13-15)27-21(31)14-33-25-29-22-19-7-2-3-8-20(19)28-23(22)24(32)30(25)18-11-9-16(26)10-12-18/h2-13,28H,14H2,1H3,(H,27,31). The third kappa shape index (κ3) is 4.12. The number of H-pyrrole nitrogens is 1. The van der Waals surface area contributed by atoms with Crippen LogP contribution in [0, 0.1) is 12.7 Å². The number of para-hydroxylation sites is 1. The van der Waals surface area contributed by atoms with Gasteiger partial charge in [-0.1, -0.05) is 42.1 Å². The second-order valence-corrected chi connectivity index (χ2v) is 8.55. The number of thioether (sulfide) groups is 1. The van der Waals surface area contributed by atoms with Crippen LogP contribution in [0.3, 0.4) is 0 Å². The molecule has 6 nitrogen and oxygen atoms in total. The Hall–Kier alpha value is -3.91. The first-order valence-electron chi connectivity index (χ1n) is 10.3. The first kappa shape index (κ1) is 21.0. The molecule has 0 aliphatic rings. The van der Waals surface area contributed by atoms with E-state index in [4.69, 9.17) is 4.98 Å². The molecule has 2 aromatic heterocycles. The molecule has 2 N–H and O–H groups in total. The summed E-state index contributed by atoms with van der Waals surface area (Å²) in [6, 6.07) is 20.7. The zero-order valence-electron chi connectivity index (χ0n) is 17.6. The fourth-order valence-electron chi connectivity index (χ4n) is 3.71. The summed E-state index contributed by atoms with van der Waals surface area (Å²) in [5, 5.41) is 4.04. The Morgan fingerprint density at radius 3 is 2.67 bits per heavy atom. The van der Waals surface area contributed by atoms with Gasteiger partial charge in [0.2, 0.25) is 5.91 Å². The number of hydrogen-bond acceptors (Lipinski definition) is 4. The number of aromatic amines is 1. The van der Waals surface area contributed by atoms with Crippen molar-refractivity contribution in [2.45, 2.75) is 12.1 Å². The summed E-state index contributed by atoms with van der Waals surface area (Å²) in [6.45, 7) is 1.95. The second-order valence-electron chi connectivity index (χ2n) is 7.61. The van der Waals surface area contributed by atoms with Crippen LogP contribution in [0.2, 0.25) is 0 Å². The normalized spacial score (nSPS) is 11.2. The SMILES string of the molecule is Cc1cccc(NC(=O)CSc2nc3c([nH]c4ccccc43)c(=O)n2-c2ccc(F)cc2)c1. The molecule has 8 heteroatoms. The van der Waals surface area contributed by atoms with Gasteiger partial charge in [-0.3, -0.25) is 14.2 Å². The highest BCUT2D eigenvalue weighted by molar-refractivity contribution is 7.99. The molecule has 33 heavy (non-hydrogen) atoms. The molecule has 0 fully saturated rings. The Balaban J connectivity index is 1.56. The molecular weight excluding hydrogens is 439 g/mol. The molecule has 0 aliphatic carbocycles. The van der Waals surface area contributed by atoms with E-state index in [0.29, 0.717) is 27.6 Å². The van der Waals surface area contributed by atoms with E-state index in [0.717, 1.165) is 28.2 Å². The van der Waals surface area contributed by atoms with E-state index in [1.165, 1.54) is 28.8 Å². The van der Waals surface area contributed by atoms with Crippen molar-refractivity contribution in [2.24, 2.45) is 0 Å². The van der Waals surface area contributed by atoms with Crippen LogP contribution in [0.4, 0.5) is 10.1 Å². The second kappa shape index (κ2) is 8.55. The van der Waals surface area contributed by atoms with Gasteiger partial charge in [0.15, 0.2) is 5.16 Å². The fourth-order valence-corrected chi connectivity index (χ4v) is 4.51. The maximum absolute atomic E-state index is 13.5. The molecular formula is C25H19FN4O2S. The van der Waals surface area contributed by atoms with Crippen molar-refractivity contribution in [3.05, 3.63) is 94.5 Å². The van der Waals surface area contributed by atoms with E-state index in [1.54, 1.807) is 0 Å². The van der Waals surface area contributed by atoms with Crippen LogP contribution in [0.15, 0.2) is 82.7 Å². The molecule has 0 spiro atoms. The number of hydrogen-bond donors (Lipinski definition) is 2. The predicted octanol–water partition coefficient (Wildman–Crippen LogP) is 5.05. The number of anilines is 1. The van der Waals surface area contributed by atoms with Gasteiger partial charge in [0.05, 0.1) is 11.4 Å². The van der Waals surface area contributed by atoms with E-state index in [9.17, 15) is 14.0 Å². The van der Waals surface area contributed by atoms with Crippen LogP contribution in [-0.2, 0) is 4.79 Å². The number of carbonyl (C=O) groups excluding carboxylic acids is 1. The average molecular weight is 459 g/mol. The zero-order valence-corrected chi connectivity index (χ0v) is 18.4. The summed E-state index contributed by atoms with van der Waals surface area (Å²) in [4.78, 5) is 33.9. The molecule has 0 atom stereocenters. The highest BCUT2D eigenvalue weighted by Crippen LogP contribution is 2.26. The summed E-state index contributed by atoms with van der Waals surface area (Å²) in [6.07, 6.45) is 0. The van der Waals surface area contributed by atoms with E-state index < -0.39 is 5.82 Å². The highest BCUT2D eigenvalue weighted by Gasteiger charge is 2.18. The fraction of sp³-hybridized carbons (Fsp3) is 0.0800. The molecule has 0 saturated heterocycles. The van der Waals surface area contributed by atoms with Crippen LogP contribution < -0.4 is 10.9 Å². The molecule has 0 saturated carbocycles. The smallest absolute Gasteiger partial charge is 0.283 e. The molecule has 0 unspecified atom stereocenters. The van der Waals surface area contributed by atoms with Gasteiger partial charge in [0.1, 0.15) is 16.9 Å². The van der Waals surface area contributed by atoms with Crippen LogP contribution in [-0.4, -0.2) is 26.2 Å². The summed E-state index contributed by atoms with van der Waals surface area (Å²) in [5.74, 6) is -0.571. The summed E-state index contributed by atoms with van der Waals surface area (Å²) in [7, 11) is 0. The quantitative estimate of drug-likeness (QED) is 0.286. The van der Waals surface area contributed by atoms with Gasteiger partial charge in [0.25, 0.3) is 5.56 Å². The number of fused-ring (bicyclic) bond motifs is 3. The Kier molecular flexibility index (Phi) is 5.43. The molecule has 0 radical (unpaired) electrons. The lowest BCUT2D eigenvalue weighted by molar-refractivity contribution is -0.113. The monoisotopic (exact) mass is 458 g/mol. The highest BCUT2D eigenvalue weighted by atomic mass is 32.2. The van der Waals surface area contributed by atoms with Crippen LogP contribution >= 0.6 is 11.8 Å². The Labute approximate surface area is 192 Å². The Morgan fingerprint density at radius 1 is 1.09 bits per heavy atom. The maximum atomic E-state index is 13.5. The van der Waals surface area contributed by atoms with Gasteiger partial charge in [-0.2, -0.15) is 0 Å². The van der Waals surface area contributed by atoms with Gasteiger partial charge in [-0.15, -0.1) is 0 Å². The number of nitrogens with one attached hydrogen (secondary N) is 2. The van der Waals surface area contributed by atoms with Crippen molar-refractivity contribution in [2.75, 3.05) is 11.1 Å². The van der Waals surface area contributed by atoms with Gasteiger partial charge >= 0.3 is 0 Å². The minimum absolute atomic E-state index is 0.0510. The summed E-state index contributed by atoms with van der Waals surface area (Å²) in [5.41, 5.74) is 3.58. The molecule has 0 aliphatic heterocycles. The van der Waals surface area contributed by atoms with Gasteiger partial charge < -0.3 is 10.3 Å². The van der Waals surface area contributed by atoms with Crippen molar-refractivity contribution in [1.82, 2.24) is 14.5 Å². The molecule has 3 aromatic carbocycles. The number of benzene rings is 3. The number of amides is 1. The van der Waals surface area contributed by atoms with Gasteiger partial charge in [-0.25, -0.2) is 9.37 Å². The van der Waals surface area contributed by atoms with Crippen molar-refractivity contribution in [3.63, 3.8) is 0 Å². The molecule has 164 valence electrons.